The van der Waals surface area contributed by atoms with Gasteiger partial charge in [-0.05, 0) is 32.1 Å². The summed E-state index contributed by atoms with van der Waals surface area (Å²) in [6.45, 7) is 6.49. The number of rotatable bonds is 7. The standard InChI is InChI=1S/C14H25N5O/c1-11(2)10-19(8-7-18(3)4)14(20)12-5-6-16-13(9-12)17-15/h5-6,9,11H,7-8,10,15H2,1-4H3,(H,16,17). The van der Waals surface area contributed by atoms with Crippen molar-refractivity contribution in [2.75, 3.05) is 39.2 Å². The minimum atomic E-state index is 0.0134. The number of nitrogens with one attached hydrogen (secondary N) is 1. The number of hydrogen-bond donors (Lipinski definition) is 2. The molecule has 1 rings (SSSR count). The number of anilines is 1. The molecule has 0 bridgehead atoms. The van der Waals surface area contributed by atoms with Crippen LogP contribution in [0.4, 0.5) is 5.82 Å². The molecule has 0 aliphatic carbocycles. The molecular formula is C14H25N5O. The molecule has 0 spiro atoms. The van der Waals surface area contributed by atoms with E-state index in [0.717, 1.165) is 13.1 Å². The van der Waals surface area contributed by atoms with Crippen LogP contribution < -0.4 is 11.3 Å². The summed E-state index contributed by atoms with van der Waals surface area (Å²) < 4.78 is 0. The highest BCUT2D eigenvalue weighted by atomic mass is 16.2. The summed E-state index contributed by atoms with van der Waals surface area (Å²) >= 11 is 0. The molecule has 112 valence electrons. The summed E-state index contributed by atoms with van der Waals surface area (Å²) in [6, 6.07) is 3.39. The van der Waals surface area contributed by atoms with Gasteiger partial charge in [-0.15, -0.1) is 0 Å². The SMILES string of the molecule is CC(C)CN(CCN(C)C)C(=O)c1ccnc(NN)c1. The van der Waals surface area contributed by atoms with Crippen LogP contribution in [-0.4, -0.2) is 54.4 Å². The molecule has 6 heteroatoms. The van der Waals surface area contributed by atoms with Crippen LogP contribution in [-0.2, 0) is 0 Å². The van der Waals surface area contributed by atoms with Crippen molar-refractivity contribution in [1.82, 2.24) is 14.8 Å². The first-order valence-electron chi connectivity index (χ1n) is 6.80. The first-order valence-corrected chi connectivity index (χ1v) is 6.80. The van der Waals surface area contributed by atoms with Gasteiger partial charge in [-0.3, -0.25) is 4.79 Å². The van der Waals surface area contributed by atoms with E-state index in [9.17, 15) is 4.79 Å². The average molecular weight is 279 g/mol. The van der Waals surface area contributed by atoms with Gasteiger partial charge in [0.2, 0.25) is 0 Å². The summed E-state index contributed by atoms with van der Waals surface area (Å²) in [6.07, 6.45) is 1.59. The third kappa shape index (κ3) is 5.14. The number of aromatic nitrogens is 1. The quantitative estimate of drug-likeness (QED) is 0.576. The van der Waals surface area contributed by atoms with Crippen LogP contribution >= 0.6 is 0 Å². The van der Waals surface area contributed by atoms with Gasteiger partial charge >= 0.3 is 0 Å². The zero-order valence-electron chi connectivity index (χ0n) is 12.8. The second-order valence-corrected chi connectivity index (χ2v) is 5.52. The predicted octanol–water partition coefficient (Wildman–Crippen LogP) is 1.03. The fraction of sp³-hybridized carbons (Fsp3) is 0.571. The van der Waals surface area contributed by atoms with E-state index in [1.807, 2.05) is 19.0 Å². The zero-order valence-corrected chi connectivity index (χ0v) is 12.8. The molecule has 0 aromatic carbocycles. The van der Waals surface area contributed by atoms with Crippen molar-refractivity contribution in [1.29, 1.82) is 0 Å². The fourth-order valence-electron chi connectivity index (χ4n) is 1.86. The molecule has 20 heavy (non-hydrogen) atoms. The van der Waals surface area contributed by atoms with Gasteiger partial charge in [0, 0.05) is 31.4 Å². The van der Waals surface area contributed by atoms with Crippen molar-refractivity contribution in [3.8, 4) is 0 Å². The Hall–Kier alpha value is -1.66. The second kappa shape index (κ2) is 7.81. The largest absolute Gasteiger partial charge is 0.337 e. The highest BCUT2D eigenvalue weighted by molar-refractivity contribution is 5.94. The second-order valence-electron chi connectivity index (χ2n) is 5.52. The van der Waals surface area contributed by atoms with Crippen LogP contribution in [0.25, 0.3) is 0 Å². The molecule has 0 fully saturated rings. The van der Waals surface area contributed by atoms with Crippen molar-refractivity contribution in [3.63, 3.8) is 0 Å². The zero-order chi connectivity index (χ0) is 15.1. The van der Waals surface area contributed by atoms with E-state index in [2.05, 4.69) is 29.2 Å². The molecule has 1 aromatic heterocycles. The molecule has 6 nitrogen and oxygen atoms in total. The topological polar surface area (TPSA) is 74.5 Å². The molecule has 1 heterocycles. The number of amides is 1. The highest BCUT2D eigenvalue weighted by Gasteiger charge is 2.17. The molecule has 0 unspecified atom stereocenters. The number of nitrogen functional groups attached to an aromatic ring is 1. The number of carbonyl (C=O) groups excluding carboxylic acids is 1. The minimum absolute atomic E-state index is 0.0134. The Bertz CT molecular complexity index is 433. The molecule has 0 saturated carbocycles. The maximum absolute atomic E-state index is 12.6. The maximum Gasteiger partial charge on any atom is 0.254 e. The normalized spacial score (nSPS) is 10.9. The van der Waals surface area contributed by atoms with Crippen molar-refractivity contribution in [2.24, 2.45) is 11.8 Å². The van der Waals surface area contributed by atoms with Crippen LogP contribution in [0.3, 0.4) is 0 Å². The lowest BCUT2D eigenvalue weighted by Crippen LogP contribution is -2.39. The number of hydrazine groups is 1. The van der Waals surface area contributed by atoms with Crippen molar-refractivity contribution < 1.29 is 4.79 Å². The van der Waals surface area contributed by atoms with E-state index in [1.165, 1.54) is 0 Å². The fourth-order valence-corrected chi connectivity index (χ4v) is 1.86. The van der Waals surface area contributed by atoms with Gasteiger partial charge in [-0.25, -0.2) is 10.8 Å². The first kappa shape index (κ1) is 16.4. The summed E-state index contributed by atoms with van der Waals surface area (Å²) in [5.41, 5.74) is 3.07. The Balaban J connectivity index is 2.84. The molecule has 0 atom stereocenters. The molecule has 0 aliphatic heterocycles. The van der Waals surface area contributed by atoms with Crippen LogP contribution in [0.1, 0.15) is 24.2 Å². The lowest BCUT2D eigenvalue weighted by Gasteiger charge is -2.26. The van der Waals surface area contributed by atoms with Gasteiger partial charge in [0.25, 0.3) is 5.91 Å². The number of nitrogens with two attached hydrogens (primary N) is 1. The number of carbonyl (C=O) groups is 1. The molecule has 3 N–H and O–H groups in total. The highest BCUT2D eigenvalue weighted by Crippen LogP contribution is 2.10. The Morgan fingerprint density at radius 3 is 2.65 bits per heavy atom. The van der Waals surface area contributed by atoms with Crippen molar-refractivity contribution in [3.05, 3.63) is 23.9 Å². The van der Waals surface area contributed by atoms with Gasteiger partial charge in [-0.2, -0.15) is 0 Å². The minimum Gasteiger partial charge on any atom is -0.337 e. The number of pyridine rings is 1. The Morgan fingerprint density at radius 1 is 1.40 bits per heavy atom. The summed E-state index contributed by atoms with van der Waals surface area (Å²) in [5, 5.41) is 0. The maximum atomic E-state index is 12.6. The molecule has 0 saturated heterocycles. The summed E-state index contributed by atoms with van der Waals surface area (Å²) in [5.74, 6) is 6.26. The Labute approximate surface area is 120 Å². The third-order valence-corrected chi connectivity index (χ3v) is 2.84. The van der Waals surface area contributed by atoms with Gasteiger partial charge in [0.1, 0.15) is 5.82 Å². The van der Waals surface area contributed by atoms with Crippen LogP contribution in [0.5, 0.6) is 0 Å². The number of nitrogens with zero attached hydrogens (tertiary/aromatic N) is 3. The van der Waals surface area contributed by atoms with E-state index < -0.39 is 0 Å². The van der Waals surface area contributed by atoms with Crippen LogP contribution in [0, 0.1) is 5.92 Å². The average Bonchev–Trinajstić information content (AvgIpc) is 2.42. The Kier molecular flexibility index (Phi) is 6.41. The number of likely N-dealkylation sites (N-methyl/N-ethyl adjacent to an activating group) is 1. The van der Waals surface area contributed by atoms with Crippen LogP contribution in [0.15, 0.2) is 18.3 Å². The molecule has 0 aliphatic rings. The predicted molar refractivity (Wildman–Crippen MR) is 81.3 cm³/mol. The van der Waals surface area contributed by atoms with Gasteiger partial charge in [0.05, 0.1) is 0 Å². The summed E-state index contributed by atoms with van der Waals surface area (Å²) in [4.78, 5) is 20.5. The van der Waals surface area contributed by atoms with E-state index in [0.29, 0.717) is 23.8 Å². The van der Waals surface area contributed by atoms with Gasteiger partial charge in [-0.1, -0.05) is 13.8 Å². The molecular weight excluding hydrogens is 254 g/mol. The third-order valence-electron chi connectivity index (χ3n) is 2.84. The molecule has 1 aromatic rings. The first-order chi connectivity index (χ1) is 9.43. The monoisotopic (exact) mass is 279 g/mol. The van der Waals surface area contributed by atoms with Crippen molar-refractivity contribution >= 4 is 11.7 Å². The smallest absolute Gasteiger partial charge is 0.254 e. The van der Waals surface area contributed by atoms with E-state index in [4.69, 9.17) is 5.84 Å². The molecule has 0 radical (unpaired) electrons. The van der Waals surface area contributed by atoms with Gasteiger partial charge < -0.3 is 15.2 Å². The van der Waals surface area contributed by atoms with Gasteiger partial charge in [0.15, 0.2) is 0 Å². The van der Waals surface area contributed by atoms with E-state index >= 15 is 0 Å². The van der Waals surface area contributed by atoms with E-state index in [1.54, 1.807) is 18.3 Å². The van der Waals surface area contributed by atoms with Crippen molar-refractivity contribution in [2.45, 2.75) is 13.8 Å². The molecule has 1 amide bonds. The van der Waals surface area contributed by atoms with E-state index in [-0.39, 0.29) is 5.91 Å². The lowest BCUT2D eigenvalue weighted by atomic mass is 10.1. The Morgan fingerprint density at radius 2 is 2.10 bits per heavy atom. The number of hydrogen-bond acceptors (Lipinski definition) is 5. The summed E-state index contributed by atoms with van der Waals surface area (Å²) in [7, 11) is 4.00. The van der Waals surface area contributed by atoms with Crippen LogP contribution in [0.2, 0.25) is 0 Å². The lowest BCUT2D eigenvalue weighted by molar-refractivity contribution is 0.0724.